The van der Waals surface area contributed by atoms with Crippen molar-refractivity contribution in [2.24, 2.45) is 0 Å². The van der Waals surface area contributed by atoms with E-state index in [4.69, 9.17) is 23.8 Å². The van der Waals surface area contributed by atoms with Crippen LogP contribution < -0.4 is 5.32 Å². The van der Waals surface area contributed by atoms with Gasteiger partial charge in [0.1, 0.15) is 5.57 Å². The van der Waals surface area contributed by atoms with Crippen molar-refractivity contribution < 1.29 is 9.59 Å². The van der Waals surface area contributed by atoms with Crippen molar-refractivity contribution in [3.63, 3.8) is 0 Å². The van der Waals surface area contributed by atoms with Crippen molar-refractivity contribution in [3.05, 3.63) is 57.9 Å². The molecule has 1 aliphatic heterocycles. The van der Waals surface area contributed by atoms with Crippen LogP contribution in [0.2, 0.25) is 5.02 Å². The normalized spacial score (nSPS) is 17.2. The minimum atomic E-state index is -0.467. The maximum Gasteiger partial charge on any atom is 0.265 e. The minimum Gasteiger partial charge on any atom is -0.318 e. The summed E-state index contributed by atoms with van der Waals surface area (Å²) in [5.41, 5.74) is 3.78. The third kappa shape index (κ3) is 3.62. The highest BCUT2D eigenvalue weighted by atomic mass is 35.5. The Hall–Kier alpha value is -2.44. The summed E-state index contributed by atoms with van der Waals surface area (Å²) < 4.78 is 2.06. The molecule has 0 radical (unpaired) electrons. The predicted octanol–water partition coefficient (Wildman–Crippen LogP) is 4.17. The zero-order chi connectivity index (χ0) is 20.6. The Kier molecular flexibility index (Phi) is 5.72. The number of aromatic nitrogens is 1. The van der Waals surface area contributed by atoms with Gasteiger partial charge in [-0.05, 0) is 81.4 Å². The molecule has 1 fully saturated rings. The van der Waals surface area contributed by atoms with Gasteiger partial charge in [-0.3, -0.25) is 19.8 Å². The number of halogens is 1. The molecule has 2 aromatic rings. The zero-order valence-electron chi connectivity index (χ0n) is 16.2. The summed E-state index contributed by atoms with van der Waals surface area (Å²) in [6.45, 7) is 7.81. The topological polar surface area (TPSA) is 54.3 Å². The lowest BCUT2D eigenvalue weighted by molar-refractivity contribution is -0.130. The molecular formula is C21H22ClN3O2S. The molecule has 0 bridgehead atoms. The number of carbonyl (C=O) groups excluding carboxylic acids is 2. The molecule has 1 saturated heterocycles. The Morgan fingerprint density at radius 3 is 2.46 bits per heavy atom. The average molecular weight is 416 g/mol. The smallest absolute Gasteiger partial charge is 0.265 e. The Morgan fingerprint density at radius 2 is 1.86 bits per heavy atom. The Bertz CT molecular complexity index is 992. The molecular weight excluding hydrogens is 394 g/mol. The van der Waals surface area contributed by atoms with Gasteiger partial charge in [0.25, 0.3) is 11.8 Å². The van der Waals surface area contributed by atoms with Gasteiger partial charge in [-0.1, -0.05) is 18.5 Å². The lowest BCUT2D eigenvalue weighted by Crippen LogP contribution is -2.56. The van der Waals surface area contributed by atoms with Crippen LogP contribution in [0, 0.1) is 13.8 Å². The summed E-state index contributed by atoms with van der Waals surface area (Å²) in [5, 5.41) is 3.46. The van der Waals surface area contributed by atoms with E-state index >= 15 is 0 Å². The van der Waals surface area contributed by atoms with Crippen molar-refractivity contribution in [1.29, 1.82) is 0 Å². The van der Waals surface area contributed by atoms with Gasteiger partial charge in [-0.2, -0.15) is 0 Å². The van der Waals surface area contributed by atoms with E-state index in [1.807, 2.05) is 58.0 Å². The maximum absolute atomic E-state index is 12.9. The molecule has 1 atom stereocenters. The zero-order valence-corrected chi connectivity index (χ0v) is 17.8. The summed E-state index contributed by atoms with van der Waals surface area (Å²) in [6.07, 6.45) is 2.38. The van der Waals surface area contributed by atoms with E-state index in [0.29, 0.717) is 5.02 Å². The maximum atomic E-state index is 12.9. The number of hydrogen-bond acceptors (Lipinski definition) is 3. The number of carbonyl (C=O) groups is 2. The summed E-state index contributed by atoms with van der Waals surface area (Å²) in [4.78, 5) is 26.9. The standard InChI is InChI=1S/C21H22ClN3O2S/c1-5-12(2)25-20(27)18(19(26)23-21(25)28)11-15-10-13(3)24(14(15)4)17-8-6-16(22)7-9-17/h6-12H,5H2,1-4H3,(H,23,26,28)/b18-11-/t12-/m0/s1. The average Bonchev–Trinajstić information content (AvgIpc) is 2.92. The van der Waals surface area contributed by atoms with E-state index in [2.05, 4.69) is 9.88 Å². The third-order valence-electron chi connectivity index (χ3n) is 5.02. The molecule has 1 N–H and O–H groups in total. The van der Waals surface area contributed by atoms with E-state index in [1.54, 1.807) is 6.08 Å². The number of nitrogens with one attached hydrogen (secondary N) is 1. The number of nitrogens with zero attached hydrogens (tertiary/aromatic N) is 2. The molecule has 28 heavy (non-hydrogen) atoms. The summed E-state index contributed by atoms with van der Waals surface area (Å²) in [7, 11) is 0. The second-order valence-electron chi connectivity index (χ2n) is 6.89. The summed E-state index contributed by atoms with van der Waals surface area (Å²) in [5.74, 6) is -0.828. The van der Waals surface area contributed by atoms with E-state index in [0.717, 1.165) is 29.1 Å². The second-order valence-corrected chi connectivity index (χ2v) is 7.71. The van der Waals surface area contributed by atoms with Crippen LogP contribution in [0.1, 0.15) is 37.2 Å². The van der Waals surface area contributed by atoms with Crippen LogP contribution in [0.25, 0.3) is 11.8 Å². The van der Waals surface area contributed by atoms with Gasteiger partial charge in [0, 0.05) is 28.1 Å². The number of rotatable bonds is 4. The van der Waals surface area contributed by atoms with Crippen molar-refractivity contribution >= 4 is 46.8 Å². The first-order valence-electron chi connectivity index (χ1n) is 9.10. The molecule has 1 aromatic carbocycles. The number of hydrogen-bond donors (Lipinski definition) is 1. The van der Waals surface area contributed by atoms with Crippen molar-refractivity contribution in [1.82, 2.24) is 14.8 Å². The lowest BCUT2D eigenvalue weighted by atomic mass is 10.1. The molecule has 2 heterocycles. The largest absolute Gasteiger partial charge is 0.318 e. The Morgan fingerprint density at radius 1 is 1.21 bits per heavy atom. The van der Waals surface area contributed by atoms with Crippen molar-refractivity contribution in [2.75, 3.05) is 0 Å². The van der Waals surface area contributed by atoms with E-state index < -0.39 is 5.91 Å². The van der Waals surface area contributed by atoms with Gasteiger partial charge in [0.05, 0.1) is 0 Å². The molecule has 5 nitrogen and oxygen atoms in total. The summed E-state index contributed by atoms with van der Waals surface area (Å²) >= 11 is 11.2. The molecule has 0 spiro atoms. The highest BCUT2D eigenvalue weighted by molar-refractivity contribution is 7.80. The molecule has 2 amide bonds. The van der Waals surface area contributed by atoms with E-state index in [9.17, 15) is 9.59 Å². The highest BCUT2D eigenvalue weighted by Crippen LogP contribution is 2.25. The molecule has 1 aromatic heterocycles. The lowest BCUT2D eigenvalue weighted by Gasteiger charge is -2.33. The van der Waals surface area contributed by atoms with Crippen molar-refractivity contribution in [2.45, 2.75) is 40.2 Å². The SMILES string of the molecule is CC[C@H](C)N1C(=O)/C(=C\c2cc(C)n(-c3ccc(Cl)cc3)c2C)C(=O)NC1=S. The van der Waals surface area contributed by atoms with Gasteiger partial charge in [-0.15, -0.1) is 0 Å². The first kappa shape index (κ1) is 20.3. The minimum absolute atomic E-state index is 0.0882. The van der Waals surface area contributed by atoms with Gasteiger partial charge in [0.15, 0.2) is 5.11 Å². The van der Waals surface area contributed by atoms with Crippen LogP contribution in [0.4, 0.5) is 0 Å². The molecule has 7 heteroatoms. The fraction of sp³-hybridized carbons (Fsp3) is 0.286. The molecule has 1 aliphatic rings. The van der Waals surface area contributed by atoms with Crippen LogP contribution in [0.3, 0.4) is 0 Å². The third-order valence-corrected chi connectivity index (χ3v) is 5.57. The van der Waals surface area contributed by atoms with Gasteiger partial charge in [0.2, 0.25) is 0 Å². The van der Waals surface area contributed by atoms with E-state index in [-0.39, 0.29) is 22.6 Å². The van der Waals surface area contributed by atoms with Gasteiger partial charge >= 0.3 is 0 Å². The fourth-order valence-electron chi connectivity index (χ4n) is 3.33. The van der Waals surface area contributed by atoms with Gasteiger partial charge < -0.3 is 4.57 Å². The quantitative estimate of drug-likeness (QED) is 0.463. The number of benzene rings is 1. The number of amides is 2. The highest BCUT2D eigenvalue weighted by Gasteiger charge is 2.35. The number of aryl methyl sites for hydroxylation is 1. The van der Waals surface area contributed by atoms with Crippen molar-refractivity contribution in [3.8, 4) is 5.69 Å². The van der Waals surface area contributed by atoms with Crippen LogP contribution >= 0.6 is 23.8 Å². The fourth-order valence-corrected chi connectivity index (χ4v) is 3.81. The molecule has 0 saturated carbocycles. The second kappa shape index (κ2) is 7.89. The first-order valence-corrected chi connectivity index (χ1v) is 9.88. The molecule has 146 valence electrons. The Balaban J connectivity index is 2.04. The monoisotopic (exact) mass is 415 g/mol. The van der Waals surface area contributed by atoms with E-state index in [1.165, 1.54) is 4.90 Å². The van der Waals surface area contributed by atoms with Gasteiger partial charge in [-0.25, -0.2) is 0 Å². The molecule has 3 rings (SSSR count). The number of thiocarbonyl (C=S) groups is 1. The molecule has 0 unspecified atom stereocenters. The molecule has 0 aliphatic carbocycles. The predicted molar refractivity (Wildman–Crippen MR) is 116 cm³/mol. The van der Waals surface area contributed by atoms with Crippen LogP contribution in [-0.2, 0) is 9.59 Å². The first-order chi connectivity index (χ1) is 13.2. The Labute approximate surface area is 175 Å². The van der Waals surface area contributed by atoms with Crippen LogP contribution in [0.15, 0.2) is 35.9 Å². The van der Waals surface area contributed by atoms with Crippen LogP contribution in [-0.4, -0.2) is 32.4 Å². The van der Waals surface area contributed by atoms with Crippen LogP contribution in [0.5, 0.6) is 0 Å². The summed E-state index contributed by atoms with van der Waals surface area (Å²) in [6, 6.07) is 9.39.